The molecule has 0 saturated carbocycles. The molecular formula is C27H28ClN3O5S. The predicted molar refractivity (Wildman–Crippen MR) is 145 cm³/mol. The van der Waals surface area contributed by atoms with Gasteiger partial charge in [0.2, 0.25) is 10.0 Å². The summed E-state index contributed by atoms with van der Waals surface area (Å²) in [6.07, 6.45) is 3.05. The van der Waals surface area contributed by atoms with Crippen LogP contribution in [0.5, 0.6) is 11.5 Å². The number of aryl methyl sites for hydroxylation is 1. The van der Waals surface area contributed by atoms with Gasteiger partial charge in [0.15, 0.2) is 11.5 Å². The van der Waals surface area contributed by atoms with Crippen LogP contribution in [0.4, 0.5) is 0 Å². The first kappa shape index (κ1) is 27.9. The molecule has 10 heteroatoms. The Hall–Kier alpha value is -3.66. The minimum absolute atomic E-state index is 0.00709. The summed E-state index contributed by atoms with van der Waals surface area (Å²) in [4.78, 5) is 12.8. The van der Waals surface area contributed by atoms with Gasteiger partial charge in [-0.3, -0.25) is 4.79 Å². The lowest BCUT2D eigenvalue weighted by Gasteiger charge is -2.21. The second-order valence-corrected chi connectivity index (χ2v) is 10.4. The van der Waals surface area contributed by atoms with Crippen LogP contribution >= 0.6 is 11.6 Å². The molecule has 3 aromatic carbocycles. The van der Waals surface area contributed by atoms with Gasteiger partial charge in [0, 0.05) is 11.6 Å². The van der Waals surface area contributed by atoms with E-state index in [2.05, 4.69) is 17.1 Å². The Morgan fingerprint density at radius 2 is 1.86 bits per heavy atom. The highest BCUT2D eigenvalue weighted by Crippen LogP contribution is 2.27. The zero-order valence-corrected chi connectivity index (χ0v) is 22.1. The van der Waals surface area contributed by atoms with Crippen molar-refractivity contribution in [3.8, 4) is 11.5 Å². The molecular weight excluding hydrogens is 514 g/mol. The van der Waals surface area contributed by atoms with E-state index in [1.54, 1.807) is 24.3 Å². The van der Waals surface area contributed by atoms with Crippen LogP contribution in [-0.2, 0) is 21.4 Å². The standard InChI is InChI=1S/C27H28ClN3O5S/c1-4-14-36-25-13-8-21(16-26(25)35-3)17-29-30-27(32)19-31(18-22-7-5-6-20(2)15-22)37(33,34)24-11-9-23(28)10-12-24/h4-13,15-17H,1,14,18-19H2,2-3H3,(H,30,32)/b29-17-. The van der Waals surface area contributed by atoms with Crippen LogP contribution in [0, 0.1) is 6.92 Å². The highest BCUT2D eigenvalue weighted by atomic mass is 35.5. The molecule has 0 aromatic heterocycles. The molecule has 0 spiro atoms. The van der Waals surface area contributed by atoms with Crippen molar-refractivity contribution in [3.05, 3.63) is 101 Å². The molecule has 0 saturated heterocycles. The van der Waals surface area contributed by atoms with Crippen LogP contribution < -0.4 is 14.9 Å². The molecule has 3 aromatic rings. The fraction of sp³-hybridized carbons (Fsp3) is 0.185. The summed E-state index contributed by atoms with van der Waals surface area (Å²) in [6.45, 7) is 5.43. The first-order valence-corrected chi connectivity index (χ1v) is 13.1. The quantitative estimate of drug-likeness (QED) is 0.206. The molecule has 1 amide bonds. The van der Waals surface area contributed by atoms with Crippen LogP contribution in [0.1, 0.15) is 16.7 Å². The Morgan fingerprint density at radius 3 is 2.54 bits per heavy atom. The van der Waals surface area contributed by atoms with Gasteiger partial charge < -0.3 is 9.47 Å². The van der Waals surface area contributed by atoms with Crippen LogP contribution in [0.25, 0.3) is 0 Å². The van der Waals surface area contributed by atoms with E-state index < -0.39 is 22.5 Å². The number of amides is 1. The third-order valence-electron chi connectivity index (χ3n) is 5.16. The van der Waals surface area contributed by atoms with Crippen molar-refractivity contribution in [1.29, 1.82) is 0 Å². The molecule has 0 heterocycles. The van der Waals surface area contributed by atoms with Crippen LogP contribution in [0.3, 0.4) is 0 Å². The van der Waals surface area contributed by atoms with E-state index in [9.17, 15) is 13.2 Å². The smallest absolute Gasteiger partial charge is 0.255 e. The Morgan fingerprint density at radius 1 is 1.11 bits per heavy atom. The van der Waals surface area contributed by atoms with Crippen molar-refractivity contribution in [2.45, 2.75) is 18.4 Å². The number of rotatable bonds is 12. The Kier molecular flexibility index (Phi) is 9.85. The Labute approximate surface area is 222 Å². The van der Waals surface area contributed by atoms with Crippen LogP contribution in [0.2, 0.25) is 5.02 Å². The molecule has 8 nitrogen and oxygen atoms in total. The lowest BCUT2D eigenvalue weighted by molar-refractivity contribution is -0.121. The number of sulfonamides is 1. The normalized spacial score (nSPS) is 11.5. The third-order valence-corrected chi connectivity index (χ3v) is 7.22. The summed E-state index contributed by atoms with van der Waals surface area (Å²) in [7, 11) is -2.48. The highest BCUT2D eigenvalue weighted by molar-refractivity contribution is 7.89. The van der Waals surface area contributed by atoms with E-state index in [1.807, 2.05) is 31.2 Å². The number of carbonyl (C=O) groups is 1. The molecule has 0 aliphatic rings. The second kappa shape index (κ2) is 13.0. The highest BCUT2D eigenvalue weighted by Gasteiger charge is 2.27. The number of methoxy groups -OCH3 is 1. The summed E-state index contributed by atoms with van der Waals surface area (Å²) in [5, 5.41) is 4.38. The van der Waals surface area contributed by atoms with Crippen LogP contribution in [-0.4, -0.2) is 45.1 Å². The fourth-order valence-electron chi connectivity index (χ4n) is 3.40. The zero-order chi connectivity index (χ0) is 26.8. The van der Waals surface area contributed by atoms with E-state index in [0.717, 1.165) is 15.4 Å². The minimum atomic E-state index is -4.00. The first-order valence-electron chi connectivity index (χ1n) is 11.3. The minimum Gasteiger partial charge on any atom is -0.493 e. The molecule has 1 N–H and O–H groups in total. The van der Waals surface area contributed by atoms with Gasteiger partial charge in [-0.05, 0) is 60.5 Å². The van der Waals surface area contributed by atoms with Crippen molar-refractivity contribution < 1.29 is 22.7 Å². The summed E-state index contributed by atoms with van der Waals surface area (Å²) in [6, 6.07) is 18.4. The average Bonchev–Trinajstić information content (AvgIpc) is 2.87. The molecule has 194 valence electrons. The number of hydrogen-bond acceptors (Lipinski definition) is 6. The average molecular weight is 542 g/mol. The van der Waals surface area contributed by atoms with Crippen molar-refractivity contribution in [2.75, 3.05) is 20.3 Å². The van der Waals surface area contributed by atoms with E-state index in [0.29, 0.717) is 28.7 Å². The van der Waals surface area contributed by atoms with Gasteiger partial charge in [-0.1, -0.05) is 54.1 Å². The maximum absolute atomic E-state index is 13.4. The largest absolute Gasteiger partial charge is 0.493 e. The van der Waals surface area contributed by atoms with Crippen molar-refractivity contribution in [1.82, 2.24) is 9.73 Å². The summed E-state index contributed by atoms with van der Waals surface area (Å²) in [5.74, 6) is 0.442. The van der Waals surface area contributed by atoms with Gasteiger partial charge in [0.05, 0.1) is 24.8 Å². The van der Waals surface area contributed by atoms with Gasteiger partial charge in [-0.15, -0.1) is 0 Å². The molecule has 0 atom stereocenters. The lowest BCUT2D eigenvalue weighted by atomic mass is 10.1. The lowest BCUT2D eigenvalue weighted by Crippen LogP contribution is -2.39. The summed E-state index contributed by atoms with van der Waals surface area (Å²) >= 11 is 5.92. The monoisotopic (exact) mass is 541 g/mol. The summed E-state index contributed by atoms with van der Waals surface area (Å²) < 4.78 is 38.7. The van der Waals surface area contributed by atoms with Crippen molar-refractivity contribution >= 4 is 33.7 Å². The van der Waals surface area contributed by atoms with Gasteiger partial charge in [0.25, 0.3) is 5.91 Å². The van der Waals surface area contributed by atoms with Gasteiger partial charge in [-0.2, -0.15) is 9.41 Å². The first-order chi connectivity index (χ1) is 17.7. The fourth-order valence-corrected chi connectivity index (χ4v) is 4.91. The van der Waals surface area contributed by atoms with E-state index >= 15 is 0 Å². The molecule has 0 aliphatic carbocycles. The number of nitrogens with one attached hydrogen (secondary N) is 1. The van der Waals surface area contributed by atoms with E-state index in [1.165, 1.54) is 37.6 Å². The molecule has 0 bridgehead atoms. The molecule has 0 aliphatic heterocycles. The maximum atomic E-state index is 13.4. The number of hydrogen-bond donors (Lipinski definition) is 1. The predicted octanol–water partition coefficient (Wildman–Crippen LogP) is 4.56. The van der Waals surface area contributed by atoms with E-state index in [4.69, 9.17) is 21.1 Å². The molecule has 3 rings (SSSR count). The third kappa shape index (κ3) is 7.91. The van der Waals surface area contributed by atoms with Crippen LogP contribution in [0.15, 0.2) is 89.4 Å². The zero-order valence-electron chi connectivity index (χ0n) is 20.6. The number of carbonyl (C=O) groups excluding carboxylic acids is 1. The van der Waals surface area contributed by atoms with Gasteiger partial charge in [0.1, 0.15) is 6.61 Å². The molecule has 37 heavy (non-hydrogen) atoms. The number of nitrogens with zero attached hydrogens (tertiary/aromatic N) is 2. The SMILES string of the molecule is C=CCOc1ccc(/C=N\NC(=O)CN(Cc2cccc(C)c2)S(=O)(=O)c2ccc(Cl)cc2)cc1OC. The topological polar surface area (TPSA) is 97.3 Å². The summed E-state index contributed by atoms with van der Waals surface area (Å²) in [5.41, 5.74) is 4.77. The maximum Gasteiger partial charge on any atom is 0.255 e. The van der Waals surface area contributed by atoms with Gasteiger partial charge >= 0.3 is 0 Å². The Balaban J connectivity index is 1.76. The molecule has 0 radical (unpaired) electrons. The Bertz CT molecular complexity index is 1380. The second-order valence-electron chi connectivity index (χ2n) is 8.02. The molecule has 0 fully saturated rings. The molecule has 0 unspecified atom stereocenters. The van der Waals surface area contributed by atoms with Gasteiger partial charge in [-0.25, -0.2) is 13.8 Å². The van der Waals surface area contributed by atoms with Crippen molar-refractivity contribution in [3.63, 3.8) is 0 Å². The number of ether oxygens (including phenoxy) is 2. The van der Waals surface area contributed by atoms with E-state index in [-0.39, 0.29) is 11.4 Å². The number of hydrazone groups is 1. The van der Waals surface area contributed by atoms with Crippen molar-refractivity contribution in [2.24, 2.45) is 5.10 Å². The number of halogens is 1. The number of benzene rings is 3.